The molecule has 11 heavy (non-hydrogen) atoms. The molecule has 0 heterocycles. The van der Waals surface area contributed by atoms with Gasteiger partial charge in [0, 0.05) is 9.79 Å². The van der Waals surface area contributed by atoms with E-state index in [-0.39, 0.29) is 0 Å². The van der Waals surface area contributed by atoms with Crippen molar-refractivity contribution >= 4 is 33.3 Å². The third-order valence-corrected chi connectivity index (χ3v) is 2.42. The highest BCUT2D eigenvalue weighted by Crippen LogP contribution is 2.31. The molecule has 0 amide bonds. The summed E-state index contributed by atoms with van der Waals surface area (Å²) in [5.74, 6) is 0.747. The molecule has 4 heteroatoms. The maximum Gasteiger partial charge on any atom is 0.322 e. The van der Waals surface area contributed by atoms with E-state index in [1.54, 1.807) is 8.05 Å². The van der Waals surface area contributed by atoms with Gasteiger partial charge in [0.2, 0.25) is 0 Å². The fourth-order valence-electron chi connectivity index (χ4n) is 0.860. The van der Waals surface area contributed by atoms with Gasteiger partial charge in [-0.25, -0.2) is 0 Å². The molecule has 0 radical (unpaired) electrons. The molecule has 0 aliphatic rings. The van der Waals surface area contributed by atoms with Crippen molar-refractivity contribution in [2.75, 3.05) is 0 Å². The largest absolute Gasteiger partial charge is 0.566 e. The minimum Gasteiger partial charge on any atom is -0.566 e. The van der Waals surface area contributed by atoms with E-state index in [1.807, 2.05) is 19.1 Å². The summed E-state index contributed by atoms with van der Waals surface area (Å²) in [6, 6.07) is 3.87. The molecule has 0 aromatic heterocycles. The first-order valence-electron chi connectivity index (χ1n) is 3.22. The molecule has 1 nitrogen and oxygen atoms in total. The van der Waals surface area contributed by atoms with Gasteiger partial charge in [0.05, 0.1) is 0 Å². The minimum atomic E-state index is 0.747. The number of hydrogen-bond acceptors (Lipinski definition) is 3. The van der Waals surface area contributed by atoms with Crippen molar-refractivity contribution in [2.45, 2.75) is 16.7 Å². The monoisotopic (exact) mass is 184 g/mol. The molecule has 0 N–H and O–H groups in total. The van der Waals surface area contributed by atoms with E-state index in [1.165, 1.54) is 0 Å². The fourth-order valence-corrected chi connectivity index (χ4v) is 1.51. The summed E-state index contributed by atoms with van der Waals surface area (Å²) in [5.41, 5.74) is 1.10. The molecule has 0 aliphatic heterocycles. The molecule has 58 valence electrons. The summed E-state index contributed by atoms with van der Waals surface area (Å²) in [4.78, 5) is 1.68. The highest BCUT2D eigenvalue weighted by Gasteiger charge is 2.04. The first-order valence-corrected chi connectivity index (χ1v) is 4.11. The van der Waals surface area contributed by atoms with E-state index in [4.69, 9.17) is 4.65 Å². The minimum absolute atomic E-state index is 0.747. The highest BCUT2D eigenvalue weighted by atomic mass is 32.1. The van der Waals surface area contributed by atoms with Crippen molar-refractivity contribution < 1.29 is 4.65 Å². The quantitative estimate of drug-likeness (QED) is 0.496. The summed E-state index contributed by atoms with van der Waals surface area (Å²) in [6.45, 7) is 1.98. The van der Waals surface area contributed by atoms with Gasteiger partial charge in [0.25, 0.3) is 0 Å². The van der Waals surface area contributed by atoms with Gasteiger partial charge in [-0.2, -0.15) is 0 Å². The van der Waals surface area contributed by atoms with E-state index in [0.717, 1.165) is 21.1 Å². The Morgan fingerprint density at radius 2 is 2.00 bits per heavy atom. The molecule has 0 aliphatic carbocycles. The molecule has 0 atom stereocenters. The Morgan fingerprint density at radius 1 is 1.36 bits per heavy atom. The van der Waals surface area contributed by atoms with Gasteiger partial charge >= 0.3 is 8.05 Å². The summed E-state index contributed by atoms with van der Waals surface area (Å²) < 4.78 is 5.10. The molecule has 0 unspecified atom stereocenters. The zero-order valence-corrected chi connectivity index (χ0v) is 8.25. The third kappa shape index (κ3) is 1.68. The van der Waals surface area contributed by atoms with E-state index in [9.17, 15) is 0 Å². The van der Waals surface area contributed by atoms with Gasteiger partial charge in [-0.05, 0) is 18.6 Å². The van der Waals surface area contributed by atoms with Crippen LogP contribution in [0.5, 0.6) is 5.75 Å². The SMILES string of the molecule is BOc1c(S)ccc(C)c1S. The van der Waals surface area contributed by atoms with E-state index in [2.05, 4.69) is 25.3 Å². The Morgan fingerprint density at radius 3 is 2.45 bits per heavy atom. The zero-order chi connectivity index (χ0) is 8.43. The van der Waals surface area contributed by atoms with Crippen molar-refractivity contribution in [1.29, 1.82) is 0 Å². The van der Waals surface area contributed by atoms with Crippen LogP contribution in [0, 0.1) is 6.92 Å². The molecule has 1 aromatic rings. The third-order valence-electron chi connectivity index (χ3n) is 1.52. The number of thiol groups is 2. The zero-order valence-electron chi connectivity index (χ0n) is 6.46. The van der Waals surface area contributed by atoms with Crippen LogP contribution in [0.3, 0.4) is 0 Å². The Bertz CT molecular complexity index is 275. The average molecular weight is 184 g/mol. The summed E-state index contributed by atoms with van der Waals surface area (Å²) in [6.07, 6.45) is 0. The summed E-state index contributed by atoms with van der Waals surface area (Å²) >= 11 is 8.51. The lowest BCUT2D eigenvalue weighted by molar-refractivity contribution is 0.582. The first kappa shape index (κ1) is 8.88. The highest BCUT2D eigenvalue weighted by molar-refractivity contribution is 7.81. The van der Waals surface area contributed by atoms with Crippen LogP contribution in [0.1, 0.15) is 5.56 Å². The molecular weight excluding hydrogens is 175 g/mol. The number of aryl methyl sites for hydroxylation is 1. The molecule has 0 bridgehead atoms. The van der Waals surface area contributed by atoms with Crippen molar-refractivity contribution in [1.82, 2.24) is 0 Å². The second kappa shape index (κ2) is 3.45. The first-order chi connectivity index (χ1) is 5.16. The van der Waals surface area contributed by atoms with Crippen LogP contribution >= 0.6 is 25.3 Å². The normalized spacial score (nSPS) is 9.73. The molecule has 0 saturated carbocycles. The number of hydrogen-bond donors (Lipinski definition) is 2. The molecular formula is C7H9BOS2. The van der Waals surface area contributed by atoms with E-state index in [0.29, 0.717) is 0 Å². The maximum absolute atomic E-state index is 5.10. The van der Waals surface area contributed by atoms with Crippen LogP contribution in [0.15, 0.2) is 21.9 Å². The van der Waals surface area contributed by atoms with Crippen LogP contribution in [-0.2, 0) is 0 Å². The molecule has 1 aromatic carbocycles. The van der Waals surface area contributed by atoms with Crippen molar-refractivity contribution in [2.24, 2.45) is 0 Å². The van der Waals surface area contributed by atoms with Crippen molar-refractivity contribution in [3.05, 3.63) is 17.7 Å². The van der Waals surface area contributed by atoms with Gasteiger partial charge in [-0.1, -0.05) is 6.07 Å². The Hall–Kier alpha value is -0.215. The topological polar surface area (TPSA) is 9.23 Å². The average Bonchev–Trinajstić information content (AvgIpc) is 1.99. The van der Waals surface area contributed by atoms with Gasteiger partial charge in [0.1, 0.15) is 5.75 Å². The van der Waals surface area contributed by atoms with Crippen molar-refractivity contribution in [3.63, 3.8) is 0 Å². The van der Waals surface area contributed by atoms with Gasteiger partial charge in [-0.3, -0.25) is 0 Å². The molecule has 0 fully saturated rings. The van der Waals surface area contributed by atoms with Crippen LogP contribution in [0.25, 0.3) is 0 Å². The Balaban J connectivity index is 3.29. The predicted octanol–water partition coefficient (Wildman–Crippen LogP) is 1.50. The van der Waals surface area contributed by atoms with E-state index >= 15 is 0 Å². The smallest absolute Gasteiger partial charge is 0.322 e. The number of rotatable bonds is 1. The summed E-state index contributed by atoms with van der Waals surface area (Å²) in [5, 5.41) is 0. The lowest BCUT2D eigenvalue weighted by Crippen LogP contribution is -1.90. The lowest BCUT2D eigenvalue weighted by atomic mass is 10.2. The van der Waals surface area contributed by atoms with Gasteiger partial charge < -0.3 is 4.65 Å². The van der Waals surface area contributed by atoms with Crippen LogP contribution in [0.4, 0.5) is 0 Å². The summed E-state index contributed by atoms with van der Waals surface area (Å²) in [7, 11) is 1.62. The van der Waals surface area contributed by atoms with Crippen molar-refractivity contribution in [3.8, 4) is 5.75 Å². The van der Waals surface area contributed by atoms with Gasteiger partial charge in [-0.15, -0.1) is 25.3 Å². The lowest BCUT2D eigenvalue weighted by Gasteiger charge is -2.09. The van der Waals surface area contributed by atoms with Gasteiger partial charge in [0.15, 0.2) is 0 Å². The Labute approximate surface area is 78.4 Å². The second-order valence-corrected chi connectivity index (χ2v) is 3.21. The second-order valence-electron chi connectivity index (χ2n) is 2.28. The van der Waals surface area contributed by atoms with Crippen LogP contribution in [-0.4, -0.2) is 8.05 Å². The Kier molecular flexibility index (Phi) is 2.79. The number of benzene rings is 1. The molecule has 0 spiro atoms. The predicted molar refractivity (Wildman–Crippen MR) is 54.9 cm³/mol. The fraction of sp³-hybridized carbons (Fsp3) is 0.143. The molecule has 1 rings (SSSR count). The standard InChI is InChI=1S/C7H9BOS2/c1-4-2-3-5(10)6(9-8)7(4)11/h2-3,10-11H,8H2,1H3. The van der Waals surface area contributed by atoms with Crippen LogP contribution < -0.4 is 4.65 Å². The van der Waals surface area contributed by atoms with E-state index < -0.39 is 0 Å². The maximum atomic E-state index is 5.10. The molecule has 0 saturated heterocycles. The van der Waals surface area contributed by atoms with Crippen LogP contribution in [0.2, 0.25) is 0 Å².